The lowest BCUT2D eigenvalue weighted by molar-refractivity contribution is -0.384. The minimum Gasteiger partial charge on any atom is -0.457 e. The van der Waals surface area contributed by atoms with Gasteiger partial charge in [0.15, 0.2) is 0 Å². The summed E-state index contributed by atoms with van der Waals surface area (Å²) < 4.78 is 24.4. The SMILES string of the molecule is Cc1c(Oc2ccc(F)cc2)ccc([N+](=O)[O-])c1N1CCC[C@@H](CNC(=O)OC(C)(C)C)C1. The zero-order valence-corrected chi connectivity index (χ0v) is 19.4. The molecule has 2 aromatic rings. The molecule has 178 valence electrons. The van der Waals surface area contributed by atoms with E-state index in [0.29, 0.717) is 42.4 Å². The number of piperidine rings is 1. The number of ether oxygens (including phenoxy) is 2. The van der Waals surface area contributed by atoms with Crippen molar-refractivity contribution in [3.63, 3.8) is 0 Å². The Hall–Kier alpha value is -3.36. The Morgan fingerprint density at radius 3 is 2.58 bits per heavy atom. The molecular formula is C24H30FN3O5. The lowest BCUT2D eigenvalue weighted by atomic mass is 9.96. The average molecular weight is 460 g/mol. The van der Waals surface area contributed by atoms with Crippen LogP contribution in [0.4, 0.5) is 20.6 Å². The van der Waals surface area contributed by atoms with Crippen LogP contribution in [-0.2, 0) is 4.74 Å². The molecule has 0 aliphatic carbocycles. The molecular weight excluding hydrogens is 429 g/mol. The quantitative estimate of drug-likeness (QED) is 0.448. The maximum atomic E-state index is 13.2. The molecule has 2 aromatic carbocycles. The highest BCUT2D eigenvalue weighted by molar-refractivity contribution is 5.72. The summed E-state index contributed by atoms with van der Waals surface area (Å²) in [6.07, 6.45) is 1.25. The lowest BCUT2D eigenvalue weighted by Gasteiger charge is -2.35. The zero-order valence-electron chi connectivity index (χ0n) is 19.4. The number of halogens is 1. The topological polar surface area (TPSA) is 93.9 Å². The van der Waals surface area contributed by atoms with E-state index in [-0.39, 0.29) is 17.4 Å². The van der Waals surface area contributed by atoms with Crippen molar-refractivity contribution < 1.29 is 23.6 Å². The number of rotatable bonds is 6. The molecule has 1 fully saturated rings. The molecule has 0 bridgehead atoms. The summed E-state index contributed by atoms with van der Waals surface area (Å²) in [4.78, 5) is 25.4. The van der Waals surface area contributed by atoms with Crippen molar-refractivity contribution in [3.05, 3.63) is 57.9 Å². The summed E-state index contributed by atoms with van der Waals surface area (Å²) in [6, 6.07) is 8.60. The van der Waals surface area contributed by atoms with Gasteiger partial charge in [-0.3, -0.25) is 10.1 Å². The van der Waals surface area contributed by atoms with Crippen LogP contribution in [0.3, 0.4) is 0 Å². The van der Waals surface area contributed by atoms with Crippen LogP contribution in [0.1, 0.15) is 39.2 Å². The van der Waals surface area contributed by atoms with Crippen LogP contribution in [0.2, 0.25) is 0 Å². The second-order valence-corrected chi connectivity index (χ2v) is 9.21. The van der Waals surface area contributed by atoms with Gasteiger partial charge in [-0.15, -0.1) is 0 Å². The number of nitrogens with one attached hydrogen (secondary N) is 1. The van der Waals surface area contributed by atoms with Crippen molar-refractivity contribution in [1.82, 2.24) is 5.32 Å². The maximum Gasteiger partial charge on any atom is 0.407 e. The van der Waals surface area contributed by atoms with E-state index < -0.39 is 16.6 Å². The molecule has 1 N–H and O–H groups in total. The molecule has 0 saturated carbocycles. The van der Waals surface area contributed by atoms with Gasteiger partial charge in [0.2, 0.25) is 0 Å². The molecule has 0 radical (unpaired) electrons. The number of hydrogen-bond donors (Lipinski definition) is 1. The van der Waals surface area contributed by atoms with E-state index >= 15 is 0 Å². The molecule has 1 heterocycles. The first-order valence-electron chi connectivity index (χ1n) is 11.0. The van der Waals surface area contributed by atoms with E-state index in [4.69, 9.17) is 9.47 Å². The van der Waals surface area contributed by atoms with Crippen molar-refractivity contribution in [2.45, 2.75) is 46.1 Å². The summed E-state index contributed by atoms with van der Waals surface area (Å²) in [5, 5.41) is 14.6. The van der Waals surface area contributed by atoms with E-state index in [1.807, 2.05) is 4.90 Å². The van der Waals surface area contributed by atoms with E-state index in [1.165, 1.54) is 30.3 Å². The van der Waals surface area contributed by atoms with Crippen molar-refractivity contribution >= 4 is 17.5 Å². The van der Waals surface area contributed by atoms with Gasteiger partial charge in [0.25, 0.3) is 5.69 Å². The Labute approximate surface area is 192 Å². The first-order valence-corrected chi connectivity index (χ1v) is 11.0. The Balaban J connectivity index is 1.79. The van der Waals surface area contributed by atoms with Gasteiger partial charge in [0.05, 0.1) is 4.92 Å². The number of nitro groups is 1. The second-order valence-electron chi connectivity index (χ2n) is 9.21. The third-order valence-corrected chi connectivity index (χ3v) is 5.37. The third-order valence-electron chi connectivity index (χ3n) is 5.37. The molecule has 8 nitrogen and oxygen atoms in total. The monoisotopic (exact) mass is 459 g/mol. The van der Waals surface area contributed by atoms with Gasteiger partial charge in [-0.1, -0.05) is 0 Å². The van der Waals surface area contributed by atoms with Gasteiger partial charge >= 0.3 is 6.09 Å². The summed E-state index contributed by atoms with van der Waals surface area (Å²) in [7, 11) is 0. The number of carbonyl (C=O) groups excluding carboxylic acids is 1. The smallest absolute Gasteiger partial charge is 0.407 e. The van der Waals surface area contributed by atoms with Crippen LogP contribution < -0.4 is 15.0 Å². The number of hydrogen-bond acceptors (Lipinski definition) is 6. The van der Waals surface area contributed by atoms with Gasteiger partial charge in [-0.25, -0.2) is 9.18 Å². The van der Waals surface area contributed by atoms with Crippen LogP contribution in [-0.4, -0.2) is 36.3 Å². The molecule has 9 heteroatoms. The first-order chi connectivity index (χ1) is 15.5. The second kappa shape index (κ2) is 10.1. The number of nitrogens with zero attached hydrogens (tertiary/aromatic N) is 2. The summed E-state index contributed by atoms with van der Waals surface area (Å²) in [6.45, 7) is 8.82. The fourth-order valence-corrected chi connectivity index (χ4v) is 3.93. The summed E-state index contributed by atoms with van der Waals surface area (Å²) >= 11 is 0. The van der Waals surface area contributed by atoms with Crippen LogP contribution in [0.25, 0.3) is 0 Å². The molecule has 1 saturated heterocycles. The highest BCUT2D eigenvalue weighted by Gasteiger charge is 2.29. The fraction of sp³-hybridized carbons (Fsp3) is 0.458. The Morgan fingerprint density at radius 1 is 1.24 bits per heavy atom. The zero-order chi connectivity index (χ0) is 24.2. The minimum atomic E-state index is -0.578. The van der Waals surface area contributed by atoms with Crippen LogP contribution in [0.15, 0.2) is 36.4 Å². The number of anilines is 1. The molecule has 1 aliphatic rings. The highest BCUT2D eigenvalue weighted by Crippen LogP contribution is 2.40. The van der Waals surface area contributed by atoms with Crippen molar-refractivity contribution in [1.29, 1.82) is 0 Å². The number of carbonyl (C=O) groups is 1. The predicted molar refractivity (Wildman–Crippen MR) is 123 cm³/mol. The Morgan fingerprint density at radius 2 is 1.94 bits per heavy atom. The summed E-state index contributed by atoms with van der Waals surface area (Å²) in [5.74, 6) is 0.656. The molecule has 0 aromatic heterocycles. The average Bonchev–Trinajstić information content (AvgIpc) is 2.74. The van der Waals surface area contributed by atoms with Crippen LogP contribution in [0, 0.1) is 28.8 Å². The van der Waals surface area contributed by atoms with Gasteiger partial charge in [0.1, 0.15) is 28.6 Å². The van der Waals surface area contributed by atoms with Gasteiger partial charge < -0.3 is 19.7 Å². The largest absolute Gasteiger partial charge is 0.457 e. The van der Waals surface area contributed by atoms with E-state index in [9.17, 15) is 19.3 Å². The van der Waals surface area contributed by atoms with Crippen molar-refractivity contribution in [2.24, 2.45) is 5.92 Å². The highest BCUT2D eigenvalue weighted by atomic mass is 19.1. The normalized spacial score (nSPS) is 16.3. The molecule has 0 unspecified atom stereocenters. The van der Waals surface area contributed by atoms with Crippen LogP contribution >= 0.6 is 0 Å². The molecule has 1 amide bonds. The Kier molecular flexibility index (Phi) is 7.40. The van der Waals surface area contributed by atoms with Crippen molar-refractivity contribution in [2.75, 3.05) is 24.5 Å². The van der Waals surface area contributed by atoms with Gasteiger partial charge in [0, 0.05) is 31.3 Å². The lowest BCUT2D eigenvalue weighted by Crippen LogP contribution is -2.42. The number of alkyl carbamates (subject to hydrolysis) is 1. The third kappa shape index (κ3) is 6.57. The van der Waals surface area contributed by atoms with Crippen LogP contribution in [0.5, 0.6) is 11.5 Å². The Bertz CT molecular complexity index is 1000. The van der Waals surface area contributed by atoms with Gasteiger partial charge in [-0.05, 0) is 76.8 Å². The number of benzene rings is 2. The molecule has 33 heavy (non-hydrogen) atoms. The summed E-state index contributed by atoms with van der Waals surface area (Å²) in [5.41, 5.74) is 0.557. The predicted octanol–water partition coefficient (Wildman–Crippen LogP) is 5.58. The molecule has 3 rings (SSSR count). The molecule has 0 spiro atoms. The standard InChI is InChI=1S/C24H30FN3O5/c1-16-21(32-19-9-7-18(25)8-10-19)12-11-20(28(30)31)22(16)27-13-5-6-17(15-27)14-26-23(29)33-24(2,3)4/h7-12,17H,5-6,13-15H2,1-4H3,(H,26,29)/t17-/m0/s1. The minimum absolute atomic E-state index is 0.000271. The number of amides is 1. The molecule has 1 aliphatic heterocycles. The fourth-order valence-electron chi connectivity index (χ4n) is 3.93. The number of nitro benzene ring substituents is 1. The molecule has 1 atom stereocenters. The van der Waals surface area contributed by atoms with E-state index in [1.54, 1.807) is 33.8 Å². The van der Waals surface area contributed by atoms with E-state index in [0.717, 1.165) is 12.8 Å². The van der Waals surface area contributed by atoms with E-state index in [2.05, 4.69) is 5.32 Å². The maximum absolute atomic E-state index is 13.2. The van der Waals surface area contributed by atoms with Crippen molar-refractivity contribution in [3.8, 4) is 11.5 Å². The first kappa shape index (κ1) is 24.3. The van der Waals surface area contributed by atoms with Gasteiger partial charge in [-0.2, -0.15) is 0 Å².